The minimum absolute atomic E-state index is 0.0873. The Morgan fingerprint density at radius 1 is 1.18 bits per heavy atom. The molecule has 3 nitrogen and oxygen atoms in total. The quantitative estimate of drug-likeness (QED) is 0.849. The molecular formula is C14H16O3. The Morgan fingerprint density at radius 3 is 2.88 bits per heavy atom. The first kappa shape index (κ1) is 10.7. The van der Waals surface area contributed by atoms with Crippen LogP contribution < -0.4 is 4.74 Å². The van der Waals surface area contributed by atoms with Crippen LogP contribution in [-0.2, 0) is 4.74 Å². The second-order valence-corrected chi connectivity index (χ2v) is 4.47. The second kappa shape index (κ2) is 4.41. The van der Waals surface area contributed by atoms with Crippen LogP contribution in [0.15, 0.2) is 36.1 Å². The third kappa shape index (κ3) is 1.91. The van der Waals surface area contributed by atoms with Crippen molar-refractivity contribution in [3.05, 3.63) is 41.7 Å². The van der Waals surface area contributed by atoms with E-state index in [1.807, 2.05) is 30.3 Å². The summed E-state index contributed by atoms with van der Waals surface area (Å²) >= 11 is 0. The van der Waals surface area contributed by atoms with Crippen molar-refractivity contribution in [3.8, 4) is 5.75 Å². The lowest BCUT2D eigenvalue weighted by atomic mass is 9.87. The minimum Gasteiger partial charge on any atom is -0.495 e. The summed E-state index contributed by atoms with van der Waals surface area (Å²) in [5, 5.41) is 10.4. The van der Waals surface area contributed by atoms with Crippen molar-refractivity contribution in [1.82, 2.24) is 0 Å². The fourth-order valence-electron chi connectivity index (χ4n) is 2.54. The molecule has 2 unspecified atom stereocenters. The van der Waals surface area contributed by atoms with Gasteiger partial charge in [-0.15, -0.1) is 0 Å². The van der Waals surface area contributed by atoms with Gasteiger partial charge in [-0.1, -0.05) is 18.2 Å². The average molecular weight is 232 g/mol. The molecule has 0 saturated carbocycles. The molecular weight excluding hydrogens is 216 g/mol. The maximum atomic E-state index is 10.4. The minimum atomic E-state index is -0.539. The van der Waals surface area contributed by atoms with E-state index in [4.69, 9.17) is 9.47 Å². The maximum Gasteiger partial charge on any atom is 0.122 e. The molecule has 0 amide bonds. The lowest BCUT2D eigenvalue weighted by Crippen LogP contribution is -2.26. The highest BCUT2D eigenvalue weighted by atomic mass is 16.5. The molecule has 0 radical (unpaired) electrons. The molecule has 3 heteroatoms. The summed E-state index contributed by atoms with van der Waals surface area (Å²) in [6.45, 7) is 1.35. The lowest BCUT2D eigenvalue weighted by molar-refractivity contribution is 0.0834. The summed E-state index contributed by atoms with van der Waals surface area (Å²) in [5.74, 6) is 1.71. The fraction of sp³-hybridized carbons (Fsp3) is 0.429. The third-order valence-electron chi connectivity index (χ3n) is 3.41. The summed E-state index contributed by atoms with van der Waals surface area (Å²) in [6.07, 6.45) is 3.18. The number of aliphatic hydroxyl groups excluding tert-OH is 1. The van der Waals surface area contributed by atoms with Gasteiger partial charge in [0.25, 0.3) is 0 Å². The van der Waals surface area contributed by atoms with Gasteiger partial charge >= 0.3 is 0 Å². The van der Waals surface area contributed by atoms with Crippen LogP contribution in [0.4, 0.5) is 0 Å². The molecule has 0 saturated heterocycles. The molecule has 2 aliphatic rings. The Labute approximate surface area is 101 Å². The maximum absolute atomic E-state index is 10.4. The zero-order valence-electron chi connectivity index (χ0n) is 9.63. The number of aliphatic hydroxyl groups is 1. The molecule has 0 spiro atoms. The van der Waals surface area contributed by atoms with Crippen molar-refractivity contribution in [1.29, 1.82) is 0 Å². The highest BCUT2D eigenvalue weighted by Gasteiger charge is 2.31. The number of para-hydroxylation sites is 1. The second-order valence-electron chi connectivity index (χ2n) is 4.47. The van der Waals surface area contributed by atoms with Crippen LogP contribution in [0.1, 0.15) is 24.3 Å². The third-order valence-corrected chi connectivity index (χ3v) is 3.41. The van der Waals surface area contributed by atoms with Gasteiger partial charge in [0.15, 0.2) is 0 Å². The SMILES string of the molecule is OC(C1=CCCO1)C1CCOc2ccccc21. The Bertz CT molecular complexity index is 439. The lowest BCUT2D eigenvalue weighted by Gasteiger charge is -2.29. The summed E-state index contributed by atoms with van der Waals surface area (Å²) < 4.78 is 11.0. The van der Waals surface area contributed by atoms with E-state index in [1.165, 1.54) is 0 Å². The predicted molar refractivity (Wildman–Crippen MR) is 64.0 cm³/mol. The highest BCUT2D eigenvalue weighted by Crippen LogP contribution is 2.38. The molecule has 1 aromatic carbocycles. The molecule has 17 heavy (non-hydrogen) atoms. The molecule has 2 atom stereocenters. The molecule has 2 heterocycles. The largest absolute Gasteiger partial charge is 0.495 e. The van der Waals surface area contributed by atoms with E-state index in [9.17, 15) is 5.11 Å². The van der Waals surface area contributed by atoms with Crippen LogP contribution in [0.5, 0.6) is 5.75 Å². The van der Waals surface area contributed by atoms with Gasteiger partial charge in [-0.2, -0.15) is 0 Å². The number of fused-ring (bicyclic) bond motifs is 1. The summed E-state index contributed by atoms with van der Waals surface area (Å²) in [5.41, 5.74) is 1.09. The Kier molecular flexibility index (Phi) is 2.77. The van der Waals surface area contributed by atoms with Gasteiger partial charge in [0.1, 0.15) is 17.6 Å². The smallest absolute Gasteiger partial charge is 0.122 e. The van der Waals surface area contributed by atoms with E-state index in [2.05, 4.69) is 0 Å². The van der Waals surface area contributed by atoms with Gasteiger partial charge in [0.05, 0.1) is 13.2 Å². The Morgan fingerprint density at radius 2 is 2.06 bits per heavy atom. The molecule has 1 N–H and O–H groups in total. The van der Waals surface area contributed by atoms with E-state index in [1.54, 1.807) is 0 Å². The van der Waals surface area contributed by atoms with Gasteiger partial charge < -0.3 is 14.6 Å². The van der Waals surface area contributed by atoms with Crippen LogP contribution in [-0.4, -0.2) is 24.4 Å². The van der Waals surface area contributed by atoms with Crippen LogP contribution in [0.2, 0.25) is 0 Å². The van der Waals surface area contributed by atoms with Crippen LogP contribution in [0.25, 0.3) is 0 Å². The van der Waals surface area contributed by atoms with Gasteiger partial charge in [0.2, 0.25) is 0 Å². The van der Waals surface area contributed by atoms with E-state index < -0.39 is 6.10 Å². The van der Waals surface area contributed by atoms with E-state index in [-0.39, 0.29) is 5.92 Å². The molecule has 90 valence electrons. The summed E-state index contributed by atoms with van der Waals surface area (Å²) in [7, 11) is 0. The number of hydrogen-bond donors (Lipinski definition) is 1. The van der Waals surface area contributed by atoms with Crippen molar-refractivity contribution in [3.63, 3.8) is 0 Å². The van der Waals surface area contributed by atoms with E-state index >= 15 is 0 Å². The van der Waals surface area contributed by atoms with Crippen LogP contribution in [0, 0.1) is 0 Å². The molecule has 2 aliphatic heterocycles. The number of benzene rings is 1. The first-order valence-corrected chi connectivity index (χ1v) is 6.09. The first-order valence-electron chi connectivity index (χ1n) is 6.09. The van der Waals surface area contributed by atoms with Crippen molar-refractivity contribution in [2.45, 2.75) is 24.9 Å². The van der Waals surface area contributed by atoms with E-state index in [0.29, 0.717) is 13.2 Å². The Balaban J connectivity index is 1.89. The zero-order valence-corrected chi connectivity index (χ0v) is 9.63. The van der Waals surface area contributed by atoms with Crippen molar-refractivity contribution in [2.24, 2.45) is 0 Å². The molecule has 1 aromatic rings. The normalized spacial score (nSPS) is 24.3. The first-order chi connectivity index (χ1) is 8.36. The standard InChI is InChI=1S/C14H16O3/c15-14(13-6-3-8-16-13)11-7-9-17-12-5-2-1-4-10(11)12/h1-2,4-6,11,14-15H,3,7-9H2. The van der Waals surface area contributed by atoms with E-state index in [0.717, 1.165) is 29.9 Å². The topological polar surface area (TPSA) is 38.7 Å². The van der Waals surface area contributed by atoms with Gasteiger partial charge in [-0.3, -0.25) is 0 Å². The zero-order chi connectivity index (χ0) is 11.7. The van der Waals surface area contributed by atoms with Gasteiger partial charge in [0, 0.05) is 17.9 Å². The molecule has 0 bridgehead atoms. The van der Waals surface area contributed by atoms with Gasteiger partial charge in [-0.25, -0.2) is 0 Å². The van der Waals surface area contributed by atoms with Crippen molar-refractivity contribution < 1.29 is 14.6 Å². The predicted octanol–water partition coefficient (Wildman–Crippen LogP) is 2.22. The average Bonchev–Trinajstić information content (AvgIpc) is 2.91. The molecule has 0 aliphatic carbocycles. The Hall–Kier alpha value is -1.48. The van der Waals surface area contributed by atoms with Crippen molar-refractivity contribution in [2.75, 3.05) is 13.2 Å². The number of ether oxygens (including phenoxy) is 2. The molecule has 3 rings (SSSR count). The van der Waals surface area contributed by atoms with Crippen LogP contribution in [0.3, 0.4) is 0 Å². The number of rotatable bonds is 2. The highest BCUT2D eigenvalue weighted by molar-refractivity contribution is 5.39. The molecule has 0 fully saturated rings. The van der Waals surface area contributed by atoms with Gasteiger partial charge in [-0.05, 0) is 18.6 Å². The monoisotopic (exact) mass is 232 g/mol. The molecule has 0 aromatic heterocycles. The summed E-state index contributed by atoms with van der Waals surface area (Å²) in [6, 6.07) is 7.92. The van der Waals surface area contributed by atoms with Crippen LogP contribution >= 0.6 is 0 Å². The fourth-order valence-corrected chi connectivity index (χ4v) is 2.54. The van der Waals surface area contributed by atoms with Crippen molar-refractivity contribution >= 4 is 0 Å². The summed E-state index contributed by atoms with van der Waals surface area (Å²) in [4.78, 5) is 0. The number of hydrogen-bond acceptors (Lipinski definition) is 3.